The molecule has 0 heterocycles. The summed E-state index contributed by atoms with van der Waals surface area (Å²) in [5, 5.41) is 13.0. The number of nitrogens with one attached hydrogen (secondary N) is 1. The zero-order valence-corrected chi connectivity index (χ0v) is 12.0. The second-order valence-electron chi connectivity index (χ2n) is 5.49. The monoisotopic (exact) mass is 259 g/mol. The molecule has 0 bridgehead atoms. The van der Waals surface area contributed by atoms with Crippen LogP contribution >= 0.6 is 11.8 Å². The molecule has 0 saturated heterocycles. The summed E-state index contributed by atoms with van der Waals surface area (Å²) in [6.07, 6.45) is 5.87. The number of carbonyl (C=O) groups excluding carboxylic acids is 1. The smallest absolute Gasteiger partial charge is 0.223 e. The van der Waals surface area contributed by atoms with Gasteiger partial charge in [0.15, 0.2) is 0 Å². The van der Waals surface area contributed by atoms with Gasteiger partial charge in [-0.2, -0.15) is 11.8 Å². The maximum atomic E-state index is 11.8. The predicted molar refractivity (Wildman–Crippen MR) is 73.1 cm³/mol. The Bertz CT molecular complexity index is 260. The molecule has 3 atom stereocenters. The van der Waals surface area contributed by atoms with Crippen LogP contribution < -0.4 is 5.32 Å². The normalized spacial score (nSPS) is 30.9. The molecule has 1 fully saturated rings. The van der Waals surface area contributed by atoms with Crippen LogP contribution in [0.2, 0.25) is 0 Å². The van der Waals surface area contributed by atoms with Crippen LogP contribution in [0.15, 0.2) is 0 Å². The highest BCUT2D eigenvalue weighted by atomic mass is 32.2. The molecule has 0 aromatic rings. The van der Waals surface area contributed by atoms with Gasteiger partial charge >= 0.3 is 0 Å². The Kier molecular flexibility index (Phi) is 5.80. The number of rotatable bonds is 5. The van der Waals surface area contributed by atoms with Crippen LogP contribution in [-0.4, -0.2) is 35.7 Å². The SMILES string of the molecule is CSCC(C)C(=O)NCC1(C)CCCCC1O. The zero-order valence-electron chi connectivity index (χ0n) is 11.2. The maximum absolute atomic E-state index is 11.8. The molecule has 17 heavy (non-hydrogen) atoms. The lowest BCUT2D eigenvalue weighted by Crippen LogP contribution is -2.46. The van der Waals surface area contributed by atoms with E-state index in [1.165, 1.54) is 0 Å². The molecular formula is C13H25NO2S. The summed E-state index contributed by atoms with van der Waals surface area (Å²) in [5.41, 5.74) is -0.132. The third-order valence-electron chi connectivity index (χ3n) is 3.81. The summed E-state index contributed by atoms with van der Waals surface area (Å²) in [7, 11) is 0. The standard InChI is InChI=1S/C13H25NO2S/c1-10(8-17-3)12(16)14-9-13(2)7-5-4-6-11(13)15/h10-11,15H,4-9H2,1-3H3,(H,14,16). The molecule has 0 radical (unpaired) electrons. The van der Waals surface area contributed by atoms with Crippen LogP contribution in [0, 0.1) is 11.3 Å². The van der Waals surface area contributed by atoms with Crippen LogP contribution in [0.5, 0.6) is 0 Å². The van der Waals surface area contributed by atoms with Gasteiger partial charge < -0.3 is 10.4 Å². The van der Waals surface area contributed by atoms with Gasteiger partial charge in [0.25, 0.3) is 0 Å². The second kappa shape index (κ2) is 6.64. The van der Waals surface area contributed by atoms with Gasteiger partial charge in [-0.25, -0.2) is 0 Å². The molecule has 2 N–H and O–H groups in total. The van der Waals surface area contributed by atoms with Crippen molar-refractivity contribution in [1.29, 1.82) is 0 Å². The molecule has 0 aromatic carbocycles. The Morgan fingerprint density at radius 1 is 1.59 bits per heavy atom. The van der Waals surface area contributed by atoms with E-state index in [2.05, 4.69) is 12.2 Å². The fraction of sp³-hybridized carbons (Fsp3) is 0.923. The van der Waals surface area contributed by atoms with Crippen molar-refractivity contribution in [3.63, 3.8) is 0 Å². The van der Waals surface area contributed by atoms with E-state index in [9.17, 15) is 9.90 Å². The van der Waals surface area contributed by atoms with Crippen LogP contribution in [0.3, 0.4) is 0 Å². The van der Waals surface area contributed by atoms with E-state index in [1.807, 2.05) is 13.2 Å². The lowest BCUT2D eigenvalue weighted by atomic mass is 9.73. The Morgan fingerprint density at radius 3 is 2.88 bits per heavy atom. The minimum atomic E-state index is -0.271. The highest BCUT2D eigenvalue weighted by Crippen LogP contribution is 2.35. The molecule has 1 aliphatic carbocycles. The molecular weight excluding hydrogens is 234 g/mol. The molecule has 4 heteroatoms. The van der Waals surface area contributed by atoms with Gasteiger partial charge in [0.1, 0.15) is 0 Å². The minimum Gasteiger partial charge on any atom is -0.392 e. The topological polar surface area (TPSA) is 49.3 Å². The number of aliphatic hydroxyl groups is 1. The number of amides is 1. The van der Waals surface area contributed by atoms with Crippen LogP contribution in [0.25, 0.3) is 0 Å². The highest BCUT2D eigenvalue weighted by molar-refractivity contribution is 7.98. The molecule has 0 spiro atoms. The summed E-state index contributed by atoms with van der Waals surface area (Å²) in [4.78, 5) is 11.8. The molecule has 3 nitrogen and oxygen atoms in total. The van der Waals surface area contributed by atoms with E-state index in [-0.39, 0.29) is 23.3 Å². The molecule has 0 aliphatic heterocycles. The lowest BCUT2D eigenvalue weighted by Gasteiger charge is -2.38. The van der Waals surface area contributed by atoms with Crippen molar-refractivity contribution in [3.05, 3.63) is 0 Å². The lowest BCUT2D eigenvalue weighted by molar-refractivity contribution is -0.125. The van der Waals surface area contributed by atoms with Crippen molar-refractivity contribution in [1.82, 2.24) is 5.32 Å². The van der Waals surface area contributed by atoms with Crippen molar-refractivity contribution < 1.29 is 9.90 Å². The first-order valence-corrected chi connectivity index (χ1v) is 7.83. The fourth-order valence-electron chi connectivity index (χ4n) is 2.38. The molecule has 100 valence electrons. The first-order chi connectivity index (χ1) is 7.99. The van der Waals surface area contributed by atoms with E-state index < -0.39 is 0 Å². The average Bonchev–Trinajstić information content (AvgIpc) is 2.30. The summed E-state index contributed by atoms with van der Waals surface area (Å²) < 4.78 is 0. The Morgan fingerprint density at radius 2 is 2.29 bits per heavy atom. The minimum absolute atomic E-state index is 0.0503. The number of thioether (sulfide) groups is 1. The van der Waals surface area contributed by atoms with Gasteiger partial charge in [0.05, 0.1) is 6.10 Å². The van der Waals surface area contributed by atoms with E-state index in [1.54, 1.807) is 11.8 Å². The first-order valence-electron chi connectivity index (χ1n) is 6.44. The van der Waals surface area contributed by atoms with Crippen LogP contribution in [0.4, 0.5) is 0 Å². The molecule has 1 saturated carbocycles. The first kappa shape index (κ1) is 14.8. The van der Waals surface area contributed by atoms with Gasteiger partial charge in [0, 0.05) is 23.6 Å². The number of hydrogen-bond acceptors (Lipinski definition) is 3. The molecule has 1 amide bonds. The summed E-state index contributed by atoms with van der Waals surface area (Å²) in [6, 6.07) is 0. The van der Waals surface area contributed by atoms with E-state index >= 15 is 0 Å². The Labute approximate surface area is 109 Å². The van der Waals surface area contributed by atoms with E-state index in [0.29, 0.717) is 6.54 Å². The third kappa shape index (κ3) is 4.18. The molecule has 0 aromatic heterocycles. The van der Waals surface area contributed by atoms with Crippen LogP contribution in [0.1, 0.15) is 39.5 Å². The number of aliphatic hydroxyl groups excluding tert-OH is 1. The number of carbonyl (C=O) groups is 1. The van der Waals surface area contributed by atoms with Crippen molar-refractivity contribution in [2.24, 2.45) is 11.3 Å². The third-order valence-corrected chi connectivity index (χ3v) is 4.64. The van der Waals surface area contributed by atoms with Gasteiger partial charge in [-0.05, 0) is 19.1 Å². The van der Waals surface area contributed by atoms with E-state index in [0.717, 1.165) is 31.4 Å². The predicted octanol–water partition coefficient (Wildman–Crippen LogP) is 2.04. The summed E-state index contributed by atoms with van der Waals surface area (Å²) >= 11 is 1.69. The molecule has 1 rings (SSSR count). The van der Waals surface area contributed by atoms with Gasteiger partial charge in [-0.1, -0.05) is 26.7 Å². The maximum Gasteiger partial charge on any atom is 0.223 e. The van der Waals surface area contributed by atoms with Crippen molar-refractivity contribution >= 4 is 17.7 Å². The zero-order chi connectivity index (χ0) is 12.9. The summed E-state index contributed by atoms with van der Waals surface area (Å²) in [5.74, 6) is 1.01. The Hall–Kier alpha value is -0.220. The van der Waals surface area contributed by atoms with Crippen molar-refractivity contribution in [2.45, 2.75) is 45.6 Å². The van der Waals surface area contributed by atoms with Gasteiger partial charge in [-0.3, -0.25) is 4.79 Å². The average molecular weight is 259 g/mol. The molecule has 1 aliphatic rings. The van der Waals surface area contributed by atoms with Gasteiger partial charge in [0.2, 0.25) is 5.91 Å². The van der Waals surface area contributed by atoms with Crippen molar-refractivity contribution in [2.75, 3.05) is 18.6 Å². The number of hydrogen-bond donors (Lipinski definition) is 2. The Balaban J connectivity index is 2.40. The summed E-state index contributed by atoms with van der Waals surface area (Å²) in [6.45, 7) is 4.63. The quantitative estimate of drug-likeness (QED) is 0.794. The second-order valence-corrected chi connectivity index (χ2v) is 6.40. The van der Waals surface area contributed by atoms with Crippen molar-refractivity contribution in [3.8, 4) is 0 Å². The largest absolute Gasteiger partial charge is 0.392 e. The molecule has 3 unspecified atom stereocenters. The highest BCUT2D eigenvalue weighted by Gasteiger charge is 2.35. The fourth-order valence-corrected chi connectivity index (χ4v) is 3.03. The van der Waals surface area contributed by atoms with E-state index in [4.69, 9.17) is 0 Å². The van der Waals surface area contributed by atoms with Crippen LogP contribution in [-0.2, 0) is 4.79 Å². The van der Waals surface area contributed by atoms with Gasteiger partial charge in [-0.15, -0.1) is 0 Å².